The molecule has 2 rings (SSSR count). The van der Waals surface area contributed by atoms with Gasteiger partial charge in [0.2, 0.25) is 0 Å². The van der Waals surface area contributed by atoms with Gasteiger partial charge in [-0.15, -0.1) is 0 Å². The highest BCUT2D eigenvalue weighted by molar-refractivity contribution is 7.98. The number of carboxylic acids is 1. The molecule has 19 heavy (non-hydrogen) atoms. The van der Waals surface area contributed by atoms with Gasteiger partial charge < -0.3 is 9.84 Å². The van der Waals surface area contributed by atoms with Crippen LogP contribution in [0.1, 0.15) is 24.8 Å². The lowest BCUT2D eigenvalue weighted by Gasteiger charge is -2.12. The van der Waals surface area contributed by atoms with Crippen molar-refractivity contribution < 1.29 is 19.0 Å². The van der Waals surface area contributed by atoms with Crippen molar-refractivity contribution in [1.82, 2.24) is 0 Å². The van der Waals surface area contributed by atoms with Gasteiger partial charge in [-0.2, -0.15) is 11.8 Å². The molecule has 0 unspecified atom stereocenters. The first-order chi connectivity index (χ1) is 9.04. The number of thioether (sulfide) groups is 1. The lowest BCUT2D eigenvalue weighted by atomic mass is 10.1. The van der Waals surface area contributed by atoms with E-state index in [4.69, 9.17) is 9.84 Å². The van der Waals surface area contributed by atoms with Gasteiger partial charge in [-0.05, 0) is 41.7 Å². The van der Waals surface area contributed by atoms with E-state index in [0.717, 1.165) is 24.2 Å². The second-order valence-electron chi connectivity index (χ2n) is 5.03. The third-order valence-electron chi connectivity index (χ3n) is 3.38. The molecule has 0 aliphatic heterocycles. The van der Waals surface area contributed by atoms with Crippen molar-refractivity contribution in [2.45, 2.75) is 25.0 Å². The van der Waals surface area contributed by atoms with Crippen molar-refractivity contribution in [2.75, 3.05) is 12.9 Å². The minimum atomic E-state index is -0.728. The molecule has 0 saturated heterocycles. The third kappa shape index (κ3) is 3.86. The van der Waals surface area contributed by atoms with Gasteiger partial charge in [0.1, 0.15) is 0 Å². The number of halogens is 1. The van der Waals surface area contributed by atoms with Crippen molar-refractivity contribution in [3.05, 3.63) is 29.6 Å². The first-order valence-electron chi connectivity index (χ1n) is 6.17. The van der Waals surface area contributed by atoms with Crippen molar-refractivity contribution in [2.24, 2.45) is 5.41 Å². The molecule has 0 heterocycles. The largest absolute Gasteiger partial charge is 0.494 e. The molecule has 3 nitrogen and oxygen atoms in total. The topological polar surface area (TPSA) is 46.5 Å². The lowest BCUT2D eigenvalue weighted by molar-refractivity contribution is -0.138. The minimum Gasteiger partial charge on any atom is -0.494 e. The SMILES string of the molecule is COc1ccc(CSCC2(CC(=O)O)CC2)cc1F. The Kier molecular flexibility index (Phi) is 4.34. The molecule has 0 bridgehead atoms. The number of hydrogen-bond donors (Lipinski definition) is 1. The Morgan fingerprint density at radius 3 is 2.79 bits per heavy atom. The molecular weight excluding hydrogens is 267 g/mol. The van der Waals surface area contributed by atoms with E-state index in [0.29, 0.717) is 5.75 Å². The number of methoxy groups -OCH3 is 1. The number of carbonyl (C=O) groups is 1. The van der Waals surface area contributed by atoms with Gasteiger partial charge >= 0.3 is 5.97 Å². The molecular formula is C14H17FO3S. The summed E-state index contributed by atoms with van der Waals surface area (Å²) in [5.74, 6) is 0.689. The third-order valence-corrected chi connectivity index (χ3v) is 4.73. The normalized spacial score (nSPS) is 16.1. The fourth-order valence-corrected chi connectivity index (χ4v) is 3.40. The van der Waals surface area contributed by atoms with Crippen LogP contribution in [0.25, 0.3) is 0 Å². The van der Waals surface area contributed by atoms with E-state index in [1.165, 1.54) is 13.2 Å². The molecule has 0 spiro atoms. The highest BCUT2D eigenvalue weighted by atomic mass is 32.2. The smallest absolute Gasteiger partial charge is 0.303 e. The number of hydrogen-bond acceptors (Lipinski definition) is 3. The second-order valence-corrected chi connectivity index (χ2v) is 6.02. The average molecular weight is 284 g/mol. The van der Waals surface area contributed by atoms with Gasteiger partial charge in [-0.3, -0.25) is 4.79 Å². The fraction of sp³-hybridized carbons (Fsp3) is 0.500. The molecule has 0 radical (unpaired) electrons. The summed E-state index contributed by atoms with van der Waals surface area (Å²) in [6.07, 6.45) is 2.23. The van der Waals surface area contributed by atoms with Crippen LogP contribution >= 0.6 is 11.8 Å². The van der Waals surface area contributed by atoms with Gasteiger partial charge in [-0.25, -0.2) is 4.39 Å². The monoisotopic (exact) mass is 284 g/mol. The van der Waals surface area contributed by atoms with Crippen LogP contribution in [-0.2, 0) is 10.5 Å². The molecule has 1 N–H and O–H groups in total. The van der Waals surface area contributed by atoms with E-state index in [2.05, 4.69) is 0 Å². The average Bonchev–Trinajstić information content (AvgIpc) is 3.08. The predicted octanol–water partition coefficient (Wildman–Crippen LogP) is 3.32. The quantitative estimate of drug-likeness (QED) is 0.834. The van der Waals surface area contributed by atoms with Gasteiger partial charge in [0.25, 0.3) is 0 Å². The van der Waals surface area contributed by atoms with Crippen LogP contribution in [0.2, 0.25) is 0 Å². The molecule has 0 atom stereocenters. The summed E-state index contributed by atoms with van der Waals surface area (Å²) < 4.78 is 18.3. The summed E-state index contributed by atoms with van der Waals surface area (Å²) in [5, 5.41) is 8.83. The van der Waals surface area contributed by atoms with E-state index < -0.39 is 5.97 Å². The van der Waals surface area contributed by atoms with Crippen LogP contribution in [0.4, 0.5) is 4.39 Å². The van der Waals surface area contributed by atoms with E-state index in [-0.39, 0.29) is 23.4 Å². The summed E-state index contributed by atoms with van der Waals surface area (Å²) >= 11 is 1.67. The molecule has 1 aromatic rings. The van der Waals surface area contributed by atoms with Crippen LogP contribution in [0, 0.1) is 11.2 Å². The second kappa shape index (κ2) is 5.82. The summed E-state index contributed by atoms with van der Waals surface area (Å²) in [5.41, 5.74) is 0.885. The number of aliphatic carboxylic acids is 1. The maximum absolute atomic E-state index is 13.5. The predicted molar refractivity (Wildman–Crippen MR) is 73.0 cm³/mol. The Hall–Kier alpha value is -1.23. The highest BCUT2D eigenvalue weighted by Gasteiger charge is 2.43. The Morgan fingerprint density at radius 2 is 2.26 bits per heavy atom. The van der Waals surface area contributed by atoms with Gasteiger partial charge in [0, 0.05) is 5.75 Å². The van der Waals surface area contributed by atoms with Crippen LogP contribution in [-0.4, -0.2) is 23.9 Å². The van der Waals surface area contributed by atoms with Gasteiger partial charge in [0.15, 0.2) is 11.6 Å². The van der Waals surface area contributed by atoms with E-state index >= 15 is 0 Å². The first kappa shape index (κ1) is 14.2. The number of ether oxygens (including phenoxy) is 1. The van der Waals surface area contributed by atoms with Gasteiger partial charge in [0.05, 0.1) is 13.5 Å². The number of rotatable bonds is 7. The molecule has 104 valence electrons. The Balaban J connectivity index is 1.83. The zero-order valence-corrected chi connectivity index (χ0v) is 11.6. The van der Waals surface area contributed by atoms with Crippen molar-refractivity contribution >= 4 is 17.7 Å². The molecule has 1 aromatic carbocycles. The van der Waals surface area contributed by atoms with E-state index in [9.17, 15) is 9.18 Å². The maximum atomic E-state index is 13.5. The first-order valence-corrected chi connectivity index (χ1v) is 7.32. The highest BCUT2D eigenvalue weighted by Crippen LogP contribution is 2.51. The number of carboxylic acid groups (broad SMARTS) is 1. The van der Waals surface area contributed by atoms with Crippen LogP contribution in [0.5, 0.6) is 5.75 Å². The van der Waals surface area contributed by atoms with Crippen molar-refractivity contribution in [1.29, 1.82) is 0 Å². The standard InChI is InChI=1S/C14H17FO3S/c1-18-12-3-2-10(6-11(12)15)8-19-9-14(4-5-14)7-13(16)17/h2-3,6H,4-5,7-9H2,1H3,(H,16,17). The molecule has 1 saturated carbocycles. The Morgan fingerprint density at radius 1 is 1.53 bits per heavy atom. The van der Waals surface area contributed by atoms with Crippen molar-refractivity contribution in [3.63, 3.8) is 0 Å². The zero-order valence-electron chi connectivity index (χ0n) is 10.8. The summed E-state index contributed by atoms with van der Waals surface area (Å²) in [6, 6.07) is 4.93. The Labute approximate surface area is 116 Å². The maximum Gasteiger partial charge on any atom is 0.303 e. The number of benzene rings is 1. The van der Waals surface area contributed by atoms with Crippen molar-refractivity contribution in [3.8, 4) is 5.75 Å². The zero-order chi connectivity index (χ0) is 13.9. The summed E-state index contributed by atoms with van der Waals surface area (Å²) in [7, 11) is 1.44. The van der Waals surface area contributed by atoms with Crippen LogP contribution < -0.4 is 4.74 Å². The fourth-order valence-electron chi connectivity index (χ4n) is 2.05. The molecule has 5 heteroatoms. The molecule has 0 amide bonds. The Bertz CT molecular complexity index is 472. The van der Waals surface area contributed by atoms with E-state index in [1.54, 1.807) is 17.8 Å². The molecule has 1 fully saturated rings. The summed E-state index contributed by atoms with van der Waals surface area (Å²) in [4.78, 5) is 10.7. The lowest BCUT2D eigenvalue weighted by Crippen LogP contribution is -2.11. The minimum absolute atomic E-state index is 0.0124. The van der Waals surface area contributed by atoms with Crippen LogP contribution in [0.3, 0.4) is 0 Å². The molecule has 0 aromatic heterocycles. The summed E-state index contributed by atoms with van der Waals surface area (Å²) in [6.45, 7) is 0. The molecule has 1 aliphatic rings. The van der Waals surface area contributed by atoms with E-state index in [1.807, 2.05) is 6.07 Å². The van der Waals surface area contributed by atoms with Crippen LogP contribution in [0.15, 0.2) is 18.2 Å². The van der Waals surface area contributed by atoms with Gasteiger partial charge in [-0.1, -0.05) is 6.07 Å². The molecule has 1 aliphatic carbocycles.